The van der Waals surface area contributed by atoms with Gasteiger partial charge in [-0.05, 0) is 74.5 Å². The number of halogens is 2. The van der Waals surface area contributed by atoms with E-state index in [1.54, 1.807) is 57.8 Å². The Kier molecular flexibility index (Phi) is 6.68. The molecule has 216 valence electrons. The van der Waals surface area contributed by atoms with E-state index in [9.17, 15) is 9.59 Å². The fraction of sp³-hybridized carbons (Fsp3) is 0.290. The summed E-state index contributed by atoms with van der Waals surface area (Å²) in [5.74, 6) is 0.180. The Hall–Kier alpha value is -4.44. The summed E-state index contributed by atoms with van der Waals surface area (Å²) >= 11 is 6.53. The molecule has 0 bridgehead atoms. The molecule has 4 aromatic rings. The zero-order valence-corrected chi connectivity index (χ0v) is 24.6. The highest BCUT2D eigenvalue weighted by molar-refractivity contribution is 6.36. The van der Waals surface area contributed by atoms with E-state index in [0.717, 1.165) is 11.3 Å². The Bertz CT molecular complexity index is 1790. The molecule has 9 nitrogen and oxygen atoms in total. The third-order valence-corrected chi connectivity index (χ3v) is 7.63. The van der Waals surface area contributed by atoms with E-state index < -0.39 is 17.5 Å². The van der Waals surface area contributed by atoms with Crippen LogP contribution in [-0.4, -0.2) is 52.7 Å². The average molecular weight is 590 g/mol. The lowest BCUT2D eigenvalue weighted by atomic mass is 9.97. The van der Waals surface area contributed by atoms with Crippen LogP contribution >= 0.6 is 11.6 Å². The fourth-order valence-electron chi connectivity index (χ4n) is 5.29. The summed E-state index contributed by atoms with van der Waals surface area (Å²) in [4.78, 5) is 37.3. The van der Waals surface area contributed by atoms with Crippen LogP contribution in [0.1, 0.15) is 42.3 Å². The number of hydrogen-bond acceptors (Lipinski definition) is 7. The van der Waals surface area contributed by atoms with Gasteiger partial charge in [0, 0.05) is 53.8 Å². The maximum absolute atomic E-state index is 15.8. The van der Waals surface area contributed by atoms with E-state index in [0.29, 0.717) is 45.5 Å². The smallest absolute Gasteiger partial charge is 0.415 e. The maximum Gasteiger partial charge on any atom is 0.415 e. The topological polar surface area (TPSA) is 96.9 Å². The summed E-state index contributed by atoms with van der Waals surface area (Å²) in [6.45, 7) is 8.23. The van der Waals surface area contributed by atoms with Crippen LogP contribution in [0, 0.1) is 12.7 Å². The second kappa shape index (κ2) is 10.1. The van der Waals surface area contributed by atoms with Gasteiger partial charge in [0.1, 0.15) is 29.5 Å². The largest absolute Gasteiger partial charge is 0.474 e. The van der Waals surface area contributed by atoms with Gasteiger partial charge in [-0.3, -0.25) is 9.69 Å². The van der Waals surface area contributed by atoms with Crippen molar-refractivity contribution in [1.82, 2.24) is 14.9 Å². The first-order valence-electron chi connectivity index (χ1n) is 13.5. The average Bonchev–Trinajstić information content (AvgIpc) is 3.22. The van der Waals surface area contributed by atoms with Gasteiger partial charge in [0.05, 0.1) is 11.6 Å². The molecule has 0 atom stereocenters. The van der Waals surface area contributed by atoms with E-state index in [4.69, 9.17) is 21.1 Å². The molecule has 2 aliphatic rings. The molecule has 2 aliphatic heterocycles. The van der Waals surface area contributed by atoms with E-state index in [2.05, 4.69) is 15.3 Å². The summed E-state index contributed by atoms with van der Waals surface area (Å²) in [7, 11) is 1.77. The van der Waals surface area contributed by atoms with Crippen LogP contribution in [0.25, 0.3) is 21.9 Å². The van der Waals surface area contributed by atoms with E-state index in [1.165, 1.54) is 17.3 Å². The summed E-state index contributed by atoms with van der Waals surface area (Å²) in [6.07, 6.45) is 2.51. The highest BCUT2D eigenvalue weighted by Crippen LogP contribution is 2.42. The number of carbonyl (C=O) groups excluding carboxylic acids is 2. The standard InChI is InChI=1S/C31H29ClFN5O4/c1-16-22(13-35-28-27(16)38(8-9-41-28)30(40)42-31(2,3)4)21-11-17-12-24(34-14-23(17)25(32)26(21)33)36-19-6-7-20-18(10-19)15-37(5)29(20)39/h6-7,10-14H,8-9,15H2,1-5H3,(H,34,36). The van der Waals surface area contributed by atoms with Crippen molar-refractivity contribution in [3.05, 3.63) is 70.3 Å². The third kappa shape index (κ3) is 4.85. The molecule has 2 aromatic carbocycles. The van der Waals surface area contributed by atoms with E-state index >= 15 is 4.39 Å². The lowest BCUT2D eigenvalue weighted by Gasteiger charge is -2.32. The van der Waals surface area contributed by atoms with Gasteiger partial charge in [0.25, 0.3) is 5.91 Å². The molecular formula is C31H29ClFN5O4. The number of hydrogen-bond donors (Lipinski definition) is 1. The van der Waals surface area contributed by atoms with Crippen LogP contribution in [0.15, 0.2) is 42.7 Å². The Labute approximate surface area is 247 Å². The number of carbonyl (C=O) groups is 2. The highest BCUT2D eigenvalue weighted by atomic mass is 35.5. The first kappa shape index (κ1) is 27.7. The first-order chi connectivity index (χ1) is 19.9. The number of nitrogens with one attached hydrogen (secondary N) is 1. The van der Waals surface area contributed by atoms with Gasteiger partial charge < -0.3 is 19.7 Å². The van der Waals surface area contributed by atoms with Crippen molar-refractivity contribution in [2.24, 2.45) is 0 Å². The number of benzene rings is 2. The van der Waals surface area contributed by atoms with Crippen molar-refractivity contribution in [1.29, 1.82) is 0 Å². The number of nitrogens with zero attached hydrogens (tertiary/aromatic N) is 4. The van der Waals surface area contributed by atoms with Crippen molar-refractivity contribution >= 4 is 51.6 Å². The van der Waals surface area contributed by atoms with Crippen molar-refractivity contribution in [3.8, 4) is 17.0 Å². The van der Waals surface area contributed by atoms with Crippen LogP contribution in [0.4, 0.5) is 26.4 Å². The predicted molar refractivity (Wildman–Crippen MR) is 159 cm³/mol. The predicted octanol–water partition coefficient (Wildman–Crippen LogP) is 6.86. The Morgan fingerprint density at radius 1 is 1.12 bits per heavy atom. The first-order valence-corrected chi connectivity index (χ1v) is 13.9. The molecule has 0 fully saturated rings. The Morgan fingerprint density at radius 2 is 1.90 bits per heavy atom. The molecule has 0 radical (unpaired) electrons. The summed E-state index contributed by atoms with van der Waals surface area (Å²) in [5, 5.41) is 4.31. The highest BCUT2D eigenvalue weighted by Gasteiger charge is 2.32. The lowest BCUT2D eigenvalue weighted by Crippen LogP contribution is -2.42. The molecule has 0 unspecified atom stereocenters. The van der Waals surface area contributed by atoms with Crippen molar-refractivity contribution in [2.45, 2.75) is 39.8 Å². The molecule has 2 amide bonds. The molecule has 42 heavy (non-hydrogen) atoms. The molecule has 0 aliphatic carbocycles. The Balaban J connectivity index is 1.38. The molecule has 4 heterocycles. The van der Waals surface area contributed by atoms with Crippen LogP contribution in [0.2, 0.25) is 5.02 Å². The van der Waals surface area contributed by atoms with Crippen molar-refractivity contribution < 1.29 is 23.5 Å². The number of ether oxygens (including phenoxy) is 2. The molecular weight excluding hydrogens is 561 g/mol. The number of pyridine rings is 2. The molecule has 11 heteroatoms. The minimum absolute atomic E-state index is 0.00248. The van der Waals surface area contributed by atoms with Crippen LogP contribution < -0.4 is 15.0 Å². The second-order valence-electron chi connectivity index (χ2n) is 11.4. The van der Waals surface area contributed by atoms with Crippen LogP contribution in [0.3, 0.4) is 0 Å². The van der Waals surface area contributed by atoms with E-state index in [-0.39, 0.29) is 35.5 Å². The van der Waals surface area contributed by atoms with Crippen LogP contribution in [0.5, 0.6) is 5.88 Å². The minimum Gasteiger partial charge on any atom is -0.474 e. The van der Waals surface area contributed by atoms with Gasteiger partial charge in [-0.2, -0.15) is 0 Å². The molecule has 6 rings (SSSR count). The zero-order valence-electron chi connectivity index (χ0n) is 23.8. The number of anilines is 3. The summed E-state index contributed by atoms with van der Waals surface area (Å²) < 4.78 is 27.1. The molecule has 1 N–H and O–H groups in total. The number of amides is 2. The fourth-order valence-corrected chi connectivity index (χ4v) is 5.55. The zero-order chi connectivity index (χ0) is 29.9. The third-order valence-electron chi connectivity index (χ3n) is 7.26. The molecule has 2 aromatic heterocycles. The monoisotopic (exact) mass is 589 g/mol. The summed E-state index contributed by atoms with van der Waals surface area (Å²) in [5.41, 5.74) is 3.42. The quantitative estimate of drug-likeness (QED) is 0.279. The van der Waals surface area contributed by atoms with Crippen LogP contribution in [-0.2, 0) is 11.3 Å². The summed E-state index contributed by atoms with van der Waals surface area (Å²) in [6, 6.07) is 9.02. The van der Waals surface area contributed by atoms with Gasteiger partial charge in [0.2, 0.25) is 5.88 Å². The molecule has 0 saturated carbocycles. The van der Waals surface area contributed by atoms with Crippen molar-refractivity contribution in [3.63, 3.8) is 0 Å². The van der Waals surface area contributed by atoms with E-state index in [1.807, 2.05) is 12.1 Å². The van der Waals surface area contributed by atoms with Gasteiger partial charge in [0.15, 0.2) is 0 Å². The van der Waals surface area contributed by atoms with Gasteiger partial charge >= 0.3 is 6.09 Å². The minimum atomic E-state index is -0.695. The van der Waals surface area contributed by atoms with Gasteiger partial charge in [-0.25, -0.2) is 19.2 Å². The normalized spacial score (nSPS) is 14.5. The number of rotatable bonds is 3. The number of aromatic nitrogens is 2. The van der Waals surface area contributed by atoms with Gasteiger partial charge in [-0.1, -0.05) is 11.6 Å². The number of fused-ring (bicyclic) bond motifs is 3. The molecule has 0 saturated heterocycles. The SMILES string of the molecule is Cc1c(-c2cc3cc(Nc4ccc5c(c4)CN(C)C5=O)ncc3c(Cl)c2F)cnc2c1N(C(=O)OC(C)(C)C)CCO2. The van der Waals surface area contributed by atoms with Crippen molar-refractivity contribution in [2.75, 3.05) is 30.4 Å². The second-order valence-corrected chi connectivity index (χ2v) is 11.8. The maximum atomic E-state index is 15.8. The Morgan fingerprint density at radius 3 is 2.67 bits per heavy atom. The molecule has 0 spiro atoms. The lowest BCUT2D eigenvalue weighted by molar-refractivity contribution is 0.0566. The van der Waals surface area contributed by atoms with Gasteiger partial charge in [-0.15, -0.1) is 0 Å².